The minimum Gasteiger partial charge on any atom is -0.323 e. The van der Waals surface area contributed by atoms with Gasteiger partial charge in [-0.3, -0.25) is 9.20 Å². The molecule has 3 rings (SSSR count). The van der Waals surface area contributed by atoms with Crippen molar-refractivity contribution < 1.29 is 0 Å². The first kappa shape index (κ1) is 12.4. The number of aromatic amines is 1. The summed E-state index contributed by atoms with van der Waals surface area (Å²) in [6, 6.07) is 0. The number of halogens is 2. The van der Waals surface area contributed by atoms with Crippen molar-refractivity contribution in [3.05, 3.63) is 31.6 Å². The fraction of sp³-hybridized carbons (Fsp3) is 0.455. The van der Waals surface area contributed by atoms with E-state index in [-0.39, 0.29) is 5.56 Å². The third-order valence-electron chi connectivity index (χ3n) is 3.48. The summed E-state index contributed by atoms with van der Waals surface area (Å²) < 4.78 is 2.97. The lowest BCUT2D eigenvalue weighted by Gasteiger charge is -2.14. The monoisotopic (exact) mass is 374 g/mol. The van der Waals surface area contributed by atoms with Crippen molar-refractivity contribution >= 4 is 37.4 Å². The highest BCUT2D eigenvalue weighted by molar-refractivity contribution is 9.11. The second-order valence-corrected chi connectivity index (χ2v) is 6.13. The van der Waals surface area contributed by atoms with Crippen LogP contribution in [0.4, 0.5) is 0 Å². The Hall–Kier alpha value is -0.660. The molecule has 1 aliphatic heterocycles. The summed E-state index contributed by atoms with van der Waals surface area (Å²) in [6.07, 6.45) is 1.95. The Bertz CT molecular complexity index is 663. The Morgan fingerprint density at radius 2 is 2.22 bits per heavy atom. The van der Waals surface area contributed by atoms with Crippen LogP contribution in [0.15, 0.2) is 20.3 Å². The van der Waals surface area contributed by atoms with E-state index in [4.69, 9.17) is 0 Å². The van der Waals surface area contributed by atoms with Gasteiger partial charge in [-0.05, 0) is 44.3 Å². The first-order valence-electron chi connectivity index (χ1n) is 5.75. The topological polar surface area (TPSA) is 62.2 Å². The number of hydrogen-bond donors (Lipinski definition) is 2. The average molecular weight is 376 g/mol. The van der Waals surface area contributed by atoms with Gasteiger partial charge in [0.1, 0.15) is 10.1 Å². The molecule has 2 aromatic heterocycles. The number of imidazole rings is 1. The molecule has 0 unspecified atom stereocenters. The maximum absolute atomic E-state index is 12.1. The molecule has 0 bridgehead atoms. The molecular weight excluding hydrogens is 364 g/mol. The molecular formula is C11H12Br2N4O. The molecule has 2 aromatic rings. The van der Waals surface area contributed by atoms with Gasteiger partial charge in [-0.25, -0.2) is 4.98 Å². The molecule has 7 heteroatoms. The average Bonchev–Trinajstić information content (AvgIpc) is 2.84. The van der Waals surface area contributed by atoms with Crippen LogP contribution in [-0.2, 0) is 0 Å². The van der Waals surface area contributed by atoms with Gasteiger partial charge in [0.15, 0.2) is 4.73 Å². The second kappa shape index (κ2) is 4.47. The zero-order valence-electron chi connectivity index (χ0n) is 9.70. The molecule has 96 valence electrons. The van der Waals surface area contributed by atoms with Crippen LogP contribution < -0.4 is 10.9 Å². The largest absolute Gasteiger partial charge is 0.323 e. The molecule has 3 heterocycles. The molecule has 0 aliphatic carbocycles. The van der Waals surface area contributed by atoms with Crippen LogP contribution in [0.25, 0.3) is 5.52 Å². The Kier molecular flexibility index (Phi) is 3.07. The normalized spacial score (nSPS) is 23.9. The smallest absolute Gasteiger partial charge is 0.275 e. The summed E-state index contributed by atoms with van der Waals surface area (Å²) in [5, 5.41) is 3.34. The van der Waals surface area contributed by atoms with Gasteiger partial charge in [-0.1, -0.05) is 6.92 Å². The molecule has 0 aromatic carbocycles. The SMILES string of the molecule is C[C@@H]1CNC[C@H]1c1cn2c(Br)nc(Br)c2c(=O)[nH]1. The summed E-state index contributed by atoms with van der Waals surface area (Å²) in [7, 11) is 0. The fourth-order valence-corrected chi connectivity index (χ4v) is 3.71. The number of nitrogens with zero attached hydrogens (tertiary/aromatic N) is 2. The Morgan fingerprint density at radius 3 is 2.89 bits per heavy atom. The van der Waals surface area contributed by atoms with Crippen molar-refractivity contribution in [1.82, 2.24) is 19.7 Å². The van der Waals surface area contributed by atoms with Gasteiger partial charge in [0.2, 0.25) is 0 Å². The summed E-state index contributed by atoms with van der Waals surface area (Å²) in [4.78, 5) is 19.3. The van der Waals surface area contributed by atoms with Crippen LogP contribution in [0.1, 0.15) is 18.5 Å². The zero-order valence-corrected chi connectivity index (χ0v) is 12.9. The van der Waals surface area contributed by atoms with Gasteiger partial charge >= 0.3 is 0 Å². The van der Waals surface area contributed by atoms with E-state index < -0.39 is 0 Å². The number of hydrogen-bond acceptors (Lipinski definition) is 3. The van der Waals surface area contributed by atoms with Crippen molar-refractivity contribution in [2.45, 2.75) is 12.8 Å². The van der Waals surface area contributed by atoms with E-state index in [2.05, 4.69) is 54.1 Å². The predicted molar refractivity (Wildman–Crippen MR) is 76.0 cm³/mol. The number of aromatic nitrogens is 3. The van der Waals surface area contributed by atoms with Crippen molar-refractivity contribution in [2.24, 2.45) is 5.92 Å². The van der Waals surface area contributed by atoms with Crippen LogP contribution in [0, 0.1) is 5.92 Å². The summed E-state index contributed by atoms with van der Waals surface area (Å²) in [5.74, 6) is 0.860. The molecule has 1 fully saturated rings. The Balaban J connectivity index is 2.21. The molecule has 0 amide bonds. The van der Waals surface area contributed by atoms with Gasteiger partial charge in [0.25, 0.3) is 5.56 Å². The standard InChI is InChI=1S/C11H12Br2N4O/c1-5-2-14-3-6(5)7-4-17-8(10(18)15-7)9(12)16-11(17)13/h4-6,14H,2-3H2,1H3,(H,15,18)/t5-,6-/m1/s1. The highest BCUT2D eigenvalue weighted by Crippen LogP contribution is 2.27. The van der Waals surface area contributed by atoms with E-state index in [0.29, 0.717) is 26.7 Å². The maximum atomic E-state index is 12.1. The Labute approximate surface area is 120 Å². The highest BCUT2D eigenvalue weighted by Gasteiger charge is 2.26. The quantitative estimate of drug-likeness (QED) is 0.799. The van der Waals surface area contributed by atoms with E-state index in [0.717, 1.165) is 18.8 Å². The molecule has 0 spiro atoms. The van der Waals surface area contributed by atoms with Gasteiger partial charge in [0.05, 0.1) is 0 Å². The molecule has 2 atom stereocenters. The highest BCUT2D eigenvalue weighted by atomic mass is 79.9. The van der Waals surface area contributed by atoms with Gasteiger partial charge < -0.3 is 10.3 Å². The molecule has 0 saturated carbocycles. The summed E-state index contributed by atoms with van der Waals surface area (Å²) >= 11 is 6.66. The van der Waals surface area contributed by atoms with Crippen molar-refractivity contribution in [1.29, 1.82) is 0 Å². The Morgan fingerprint density at radius 1 is 1.44 bits per heavy atom. The van der Waals surface area contributed by atoms with Crippen molar-refractivity contribution in [3.8, 4) is 0 Å². The lowest BCUT2D eigenvalue weighted by Crippen LogP contribution is -2.18. The van der Waals surface area contributed by atoms with E-state index in [1.165, 1.54) is 0 Å². The second-order valence-electron chi connectivity index (χ2n) is 4.67. The van der Waals surface area contributed by atoms with Crippen molar-refractivity contribution in [2.75, 3.05) is 13.1 Å². The predicted octanol–water partition coefficient (Wildman–Crippen LogP) is 1.87. The number of H-pyrrole nitrogens is 1. The third kappa shape index (κ3) is 1.85. The lowest BCUT2D eigenvalue weighted by atomic mass is 9.95. The number of nitrogens with one attached hydrogen (secondary N) is 2. The van der Waals surface area contributed by atoms with Gasteiger partial charge in [-0.15, -0.1) is 0 Å². The minimum absolute atomic E-state index is 0.114. The van der Waals surface area contributed by atoms with Crippen LogP contribution in [0.3, 0.4) is 0 Å². The van der Waals surface area contributed by atoms with E-state index in [1.54, 1.807) is 4.40 Å². The van der Waals surface area contributed by atoms with Crippen molar-refractivity contribution in [3.63, 3.8) is 0 Å². The summed E-state index contributed by atoms with van der Waals surface area (Å²) in [6.45, 7) is 4.07. The number of fused-ring (bicyclic) bond motifs is 1. The van der Waals surface area contributed by atoms with Crippen LogP contribution >= 0.6 is 31.9 Å². The number of rotatable bonds is 1. The van der Waals surface area contributed by atoms with Gasteiger partial charge in [-0.2, -0.15) is 0 Å². The van der Waals surface area contributed by atoms with Crippen LogP contribution in [0.5, 0.6) is 0 Å². The maximum Gasteiger partial charge on any atom is 0.275 e. The molecule has 2 N–H and O–H groups in total. The van der Waals surface area contributed by atoms with E-state index in [1.807, 2.05) is 6.20 Å². The fourth-order valence-electron chi connectivity index (χ4n) is 2.48. The first-order chi connectivity index (χ1) is 8.58. The summed E-state index contributed by atoms with van der Waals surface area (Å²) in [5.41, 5.74) is 1.37. The minimum atomic E-state index is -0.114. The third-order valence-corrected chi connectivity index (χ3v) is 4.60. The molecule has 1 saturated heterocycles. The lowest BCUT2D eigenvalue weighted by molar-refractivity contribution is 0.556. The zero-order chi connectivity index (χ0) is 12.9. The molecule has 5 nitrogen and oxygen atoms in total. The molecule has 0 radical (unpaired) electrons. The first-order valence-corrected chi connectivity index (χ1v) is 7.33. The molecule has 18 heavy (non-hydrogen) atoms. The van der Waals surface area contributed by atoms with Crippen LogP contribution in [0.2, 0.25) is 0 Å². The van der Waals surface area contributed by atoms with E-state index >= 15 is 0 Å². The van der Waals surface area contributed by atoms with E-state index in [9.17, 15) is 4.79 Å². The van der Waals surface area contributed by atoms with Gasteiger partial charge in [0, 0.05) is 24.4 Å². The van der Waals surface area contributed by atoms with Crippen LogP contribution in [-0.4, -0.2) is 27.5 Å². The molecule has 1 aliphatic rings.